The van der Waals surface area contributed by atoms with Gasteiger partial charge in [-0.05, 0) is 24.3 Å². The molecular formula is C13H17N3O4. The number of nitrogens with one attached hydrogen (secondary N) is 2. The van der Waals surface area contributed by atoms with Crippen molar-refractivity contribution in [1.29, 1.82) is 0 Å². The van der Waals surface area contributed by atoms with Crippen molar-refractivity contribution in [2.24, 2.45) is 0 Å². The third kappa shape index (κ3) is 4.97. The number of anilines is 1. The standard InChI is InChI=1S/C13H17N3O4/c1-16(2)10-5-3-9(4-6-10)13(20)15-7-11(17)14-8-12(18)19/h3-6H,7-8H2,1-2H3,(H,14,17)(H,15,20)(H,18,19). The molecule has 20 heavy (non-hydrogen) atoms. The summed E-state index contributed by atoms with van der Waals surface area (Å²) in [7, 11) is 3.78. The fourth-order valence-corrected chi connectivity index (χ4v) is 1.41. The Balaban J connectivity index is 2.46. The predicted octanol–water partition coefficient (Wildman–Crippen LogP) is -0.317. The molecule has 0 saturated heterocycles. The van der Waals surface area contributed by atoms with Gasteiger partial charge in [-0.15, -0.1) is 0 Å². The number of rotatable bonds is 6. The van der Waals surface area contributed by atoms with E-state index >= 15 is 0 Å². The van der Waals surface area contributed by atoms with Crippen LogP contribution in [0.25, 0.3) is 0 Å². The molecule has 7 nitrogen and oxygen atoms in total. The lowest BCUT2D eigenvalue weighted by atomic mass is 10.2. The Hall–Kier alpha value is -2.57. The number of carboxylic acid groups (broad SMARTS) is 1. The summed E-state index contributed by atoms with van der Waals surface area (Å²) >= 11 is 0. The molecule has 0 spiro atoms. The summed E-state index contributed by atoms with van der Waals surface area (Å²) in [5.74, 6) is -2.07. The SMILES string of the molecule is CN(C)c1ccc(C(=O)NCC(=O)NCC(=O)O)cc1. The molecule has 7 heteroatoms. The highest BCUT2D eigenvalue weighted by atomic mass is 16.4. The number of amides is 2. The second-order valence-electron chi connectivity index (χ2n) is 4.29. The van der Waals surface area contributed by atoms with Crippen LogP contribution in [0.4, 0.5) is 5.69 Å². The van der Waals surface area contributed by atoms with Gasteiger partial charge < -0.3 is 20.6 Å². The highest BCUT2D eigenvalue weighted by molar-refractivity contribution is 5.97. The van der Waals surface area contributed by atoms with Crippen LogP contribution >= 0.6 is 0 Å². The zero-order valence-corrected chi connectivity index (χ0v) is 11.3. The van der Waals surface area contributed by atoms with Crippen molar-refractivity contribution < 1.29 is 19.5 Å². The summed E-state index contributed by atoms with van der Waals surface area (Å²) in [5.41, 5.74) is 1.39. The average molecular weight is 279 g/mol. The highest BCUT2D eigenvalue weighted by Crippen LogP contribution is 2.11. The summed E-state index contributed by atoms with van der Waals surface area (Å²) in [6, 6.07) is 6.89. The number of hydrogen-bond donors (Lipinski definition) is 3. The van der Waals surface area contributed by atoms with Crippen molar-refractivity contribution in [1.82, 2.24) is 10.6 Å². The van der Waals surface area contributed by atoms with Crippen molar-refractivity contribution >= 4 is 23.5 Å². The van der Waals surface area contributed by atoms with Crippen molar-refractivity contribution in [2.75, 3.05) is 32.1 Å². The van der Waals surface area contributed by atoms with Crippen LogP contribution in [0.2, 0.25) is 0 Å². The van der Waals surface area contributed by atoms with E-state index in [1.807, 2.05) is 19.0 Å². The third-order valence-corrected chi connectivity index (χ3v) is 2.49. The van der Waals surface area contributed by atoms with Gasteiger partial charge in [-0.25, -0.2) is 0 Å². The summed E-state index contributed by atoms with van der Waals surface area (Å²) < 4.78 is 0. The smallest absolute Gasteiger partial charge is 0.322 e. The first-order chi connectivity index (χ1) is 9.40. The second kappa shape index (κ2) is 7.13. The van der Waals surface area contributed by atoms with Crippen LogP contribution < -0.4 is 15.5 Å². The number of hydrogen-bond acceptors (Lipinski definition) is 4. The molecule has 0 unspecified atom stereocenters. The van der Waals surface area contributed by atoms with E-state index in [-0.39, 0.29) is 12.5 Å². The summed E-state index contributed by atoms with van der Waals surface area (Å²) in [5, 5.41) is 12.9. The van der Waals surface area contributed by atoms with Gasteiger partial charge in [0.15, 0.2) is 0 Å². The van der Waals surface area contributed by atoms with Gasteiger partial charge >= 0.3 is 5.97 Å². The van der Waals surface area contributed by atoms with Crippen LogP contribution in [0.3, 0.4) is 0 Å². The van der Waals surface area contributed by atoms with Gasteiger partial charge in [0.05, 0.1) is 6.54 Å². The number of aliphatic carboxylic acids is 1. The van der Waals surface area contributed by atoms with Gasteiger partial charge in [0.2, 0.25) is 5.91 Å². The first kappa shape index (κ1) is 15.5. The first-order valence-corrected chi connectivity index (χ1v) is 5.94. The van der Waals surface area contributed by atoms with Crippen molar-refractivity contribution in [3.63, 3.8) is 0 Å². The van der Waals surface area contributed by atoms with Gasteiger partial charge in [0.1, 0.15) is 6.54 Å². The Morgan fingerprint density at radius 3 is 2.15 bits per heavy atom. The van der Waals surface area contributed by atoms with Crippen molar-refractivity contribution in [3.8, 4) is 0 Å². The number of carbonyl (C=O) groups excluding carboxylic acids is 2. The molecule has 0 aliphatic carbocycles. The van der Waals surface area contributed by atoms with Crippen LogP contribution in [0.1, 0.15) is 10.4 Å². The van der Waals surface area contributed by atoms with E-state index in [9.17, 15) is 14.4 Å². The summed E-state index contributed by atoms with van der Waals surface area (Å²) in [4.78, 5) is 35.1. The van der Waals surface area contributed by atoms with Crippen LogP contribution in [-0.2, 0) is 9.59 Å². The maximum atomic E-state index is 11.7. The average Bonchev–Trinajstić information content (AvgIpc) is 2.42. The Bertz CT molecular complexity index is 497. The molecule has 0 fully saturated rings. The molecule has 0 aliphatic heterocycles. The summed E-state index contributed by atoms with van der Waals surface area (Å²) in [6.45, 7) is -0.728. The van der Waals surface area contributed by atoms with Crippen molar-refractivity contribution in [3.05, 3.63) is 29.8 Å². The molecule has 108 valence electrons. The molecule has 0 atom stereocenters. The lowest BCUT2D eigenvalue weighted by Crippen LogP contribution is -2.39. The minimum atomic E-state index is -1.14. The van der Waals surface area contributed by atoms with Crippen LogP contribution in [0.5, 0.6) is 0 Å². The monoisotopic (exact) mass is 279 g/mol. The normalized spacial score (nSPS) is 9.70. The van der Waals surface area contributed by atoms with Gasteiger partial charge in [-0.1, -0.05) is 0 Å². The van der Waals surface area contributed by atoms with E-state index < -0.39 is 18.4 Å². The Labute approximate surface area is 116 Å². The Kier molecular flexibility index (Phi) is 5.52. The number of carboxylic acids is 1. The van der Waals surface area contributed by atoms with Gasteiger partial charge in [-0.2, -0.15) is 0 Å². The molecule has 1 rings (SSSR count). The molecule has 0 saturated carbocycles. The fourth-order valence-electron chi connectivity index (χ4n) is 1.41. The van der Waals surface area contributed by atoms with E-state index in [1.54, 1.807) is 24.3 Å². The molecule has 0 radical (unpaired) electrons. The van der Waals surface area contributed by atoms with E-state index in [4.69, 9.17) is 5.11 Å². The molecule has 1 aromatic carbocycles. The van der Waals surface area contributed by atoms with Crippen LogP contribution in [0.15, 0.2) is 24.3 Å². The lowest BCUT2D eigenvalue weighted by molar-refractivity contribution is -0.137. The van der Waals surface area contributed by atoms with Gasteiger partial charge in [-0.3, -0.25) is 14.4 Å². The largest absolute Gasteiger partial charge is 0.480 e. The number of carbonyl (C=O) groups is 3. The fraction of sp³-hybridized carbons (Fsp3) is 0.308. The van der Waals surface area contributed by atoms with E-state index in [2.05, 4.69) is 10.6 Å². The maximum absolute atomic E-state index is 11.7. The topological polar surface area (TPSA) is 98.7 Å². The number of benzene rings is 1. The van der Waals surface area contributed by atoms with Crippen molar-refractivity contribution in [2.45, 2.75) is 0 Å². The Morgan fingerprint density at radius 2 is 1.65 bits per heavy atom. The highest BCUT2D eigenvalue weighted by Gasteiger charge is 2.09. The van der Waals surface area contributed by atoms with Crippen LogP contribution in [0, 0.1) is 0 Å². The van der Waals surface area contributed by atoms with E-state index in [0.29, 0.717) is 5.56 Å². The van der Waals surface area contributed by atoms with Gasteiger partial charge in [0, 0.05) is 25.3 Å². The van der Waals surface area contributed by atoms with E-state index in [1.165, 1.54) is 0 Å². The predicted molar refractivity (Wildman–Crippen MR) is 73.7 cm³/mol. The molecular weight excluding hydrogens is 262 g/mol. The summed E-state index contributed by atoms with van der Waals surface area (Å²) in [6.07, 6.45) is 0. The Morgan fingerprint density at radius 1 is 1.05 bits per heavy atom. The molecule has 0 bridgehead atoms. The molecule has 0 aromatic heterocycles. The molecule has 2 amide bonds. The van der Waals surface area contributed by atoms with Gasteiger partial charge in [0.25, 0.3) is 5.91 Å². The minimum Gasteiger partial charge on any atom is -0.480 e. The van der Waals surface area contributed by atoms with E-state index in [0.717, 1.165) is 5.69 Å². The zero-order valence-electron chi connectivity index (χ0n) is 11.3. The second-order valence-corrected chi connectivity index (χ2v) is 4.29. The quantitative estimate of drug-likeness (QED) is 0.663. The molecule has 0 aliphatic rings. The molecule has 3 N–H and O–H groups in total. The lowest BCUT2D eigenvalue weighted by Gasteiger charge is -2.12. The third-order valence-electron chi connectivity index (χ3n) is 2.49. The maximum Gasteiger partial charge on any atom is 0.322 e. The molecule has 0 heterocycles. The minimum absolute atomic E-state index is 0.262. The molecule has 1 aromatic rings. The van der Waals surface area contributed by atoms with Crippen LogP contribution in [-0.4, -0.2) is 50.1 Å². The number of nitrogens with zero attached hydrogens (tertiary/aromatic N) is 1. The first-order valence-electron chi connectivity index (χ1n) is 5.94. The zero-order chi connectivity index (χ0) is 15.1.